The van der Waals surface area contributed by atoms with Crippen molar-refractivity contribution in [3.05, 3.63) is 24.5 Å². The second-order valence-corrected chi connectivity index (χ2v) is 4.47. The number of piperazine rings is 1. The van der Waals surface area contributed by atoms with Crippen LogP contribution in [0.25, 0.3) is 0 Å². The van der Waals surface area contributed by atoms with Crippen LogP contribution in [-0.4, -0.2) is 53.5 Å². The van der Waals surface area contributed by atoms with Crippen LogP contribution in [0, 0.1) is 0 Å². The maximum atomic E-state index is 12.1. The molecule has 17 heavy (non-hydrogen) atoms. The van der Waals surface area contributed by atoms with E-state index in [4.69, 9.17) is 0 Å². The zero-order chi connectivity index (χ0) is 12.3. The van der Waals surface area contributed by atoms with Gasteiger partial charge in [-0.1, -0.05) is 0 Å². The van der Waals surface area contributed by atoms with Gasteiger partial charge in [-0.2, -0.15) is 0 Å². The van der Waals surface area contributed by atoms with Crippen LogP contribution in [0.1, 0.15) is 6.92 Å². The Bertz CT molecular complexity index is 381. The summed E-state index contributed by atoms with van der Waals surface area (Å²) < 4.78 is 0. The van der Waals surface area contributed by atoms with E-state index >= 15 is 0 Å². The molecule has 2 rings (SSSR count). The van der Waals surface area contributed by atoms with Crippen molar-refractivity contribution in [3.63, 3.8) is 0 Å². The Balaban J connectivity index is 1.96. The summed E-state index contributed by atoms with van der Waals surface area (Å²) in [5.41, 5.74) is 0.788. The fraction of sp³-hybridized carbons (Fsp3) is 0.500. The highest BCUT2D eigenvalue weighted by atomic mass is 16.2. The normalized spacial score (nSPS) is 21.3. The van der Waals surface area contributed by atoms with Crippen LogP contribution in [0.15, 0.2) is 24.5 Å². The van der Waals surface area contributed by atoms with E-state index in [1.807, 2.05) is 4.90 Å². The average molecular weight is 234 g/mol. The van der Waals surface area contributed by atoms with Crippen molar-refractivity contribution >= 4 is 11.7 Å². The van der Waals surface area contributed by atoms with Gasteiger partial charge < -0.3 is 15.1 Å². The first-order valence-electron chi connectivity index (χ1n) is 5.83. The molecule has 1 fully saturated rings. The number of urea groups is 1. The molecule has 1 N–H and O–H groups in total. The van der Waals surface area contributed by atoms with E-state index in [2.05, 4.69) is 29.2 Å². The molecule has 1 aliphatic rings. The molecule has 0 bridgehead atoms. The summed E-state index contributed by atoms with van der Waals surface area (Å²) in [7, 11) is 2.08. The van der Waals surface area contributed by atoms with Gasteiger partial charge in [0.25, 0.3) is 0 Å². The number of hydrogen-bond donors (Lipinski definition) is 1. The van der Waals surface area contributed by atoms with Gasteiger partial charge in [0.15, 0.2) is 0 Å². The van der Waals surface area contributed by atoms with Gasteiger partial charge in [0.2, 0.25) is 0 Å². The molecule has 0 radical (unpaired) electrons. The van der Waals surface area contributed by atoms with Crippen molar-refractivity contribution in [2.24, 2.45) is 0 Å². The van der Waals surface area contributed by atoms with E-state index in [1.165, 1.54) is 0 Å². The minimum atomic E-state index is -0.0307. The molecule has 0 aromatic carbocycles. The van der Waals surface area contributed by atoms with Crippen molar-refractivity contribution in [2.75, 3.05) is 32.0 Å². The third-order valence-electron chi connectivity index (χ3n) is 3.02. The maximum Gasteiger partial charge on any atom is 0.322 e. The monoisotopic (exact) mass is 234 g/mol. The number of likely N-dealkylation sites (N-methyl/N-ethyl adjacent to an activating group) is 1. The van der Waals surface area contributed by atoms with Gasteiger partial charge in [-0.3, -0.25) is 4.98 Å². The molecule has 5 nitrogen and oxygen atoms in total. The number of pyridine rings is 1. The van der Waals surface area contributed by atoms with Crippen LogP contribution in [0.2, 0.25) is 0 Å². The van der Waals surface area contributed by atoms with E-state index < -0.39 is 0 Å². The van der Waals surface area contributed by atoms with Crippen molar-refractivity contribution < 1.29 is 4.79 Å². The maximum absolute atomic E-state index is 12.1. The van der Waals surface area contributed by atoms with E-state index in [-0.39, 0.29) is 12.1 Å². The zero-order valence-electron chi connectivity index (χ0n) is 10.3. The standard InChI is InChI=1S/C12H18N4O/c1-10-9-15(2)7-8-16(10)12(17)14-11-3-5-13-6-4-11/h3-6,10H,7-9H2,1-2H3,(H,13,14,17). The predicted octanol–water partition coefficient (Wildman–Crippen LogP) is 1.25. The van der Waals surface area contributed by atoms with Crippen LogP contribution in [0.5, 0.6) is 0 Å². The number of hydrogen-bond acceptors (Lipinski definition) is 3. The third-order valence-corrected chi connectivity index (χ3v) is 3.02. The van der Waals surface area contributed by atoms with E-state index in [0.717, 1.165) is 25.3 Å². The lowest BCUT2D eigenvalue weighted by molar-refractivity contribution is 0.125. The Morgan fingerprint density at radius 2 is 2.12 bits per heavy atom. The zero-order valence-corrected chi connectivity index (χ0v) is 10.3. The van der Waals surface area contributed by atoms with Crippen molar-refractivity contribution in [2.45, 2.75) is 13.0 Å². The summed E-state index contributed by atoms with van der Waals surface area (Å²) in [6, 6.07) is 3.80. The molecule has 2 amide bonds. The molecular formula is C12H18N4O. The van der Waals surface area contributed by atoms with Crippen LogP contribution in [-0.2, 0) is 0 Å². The fourth-order valence-corrected chi connectivity index (χ4v) is 2.07. The summed E-state index contributed by atoms with van der Waals surface area (Å²) in [5, 5.41) is 2.89. The topological polar surface area (TPSA) is 48.5 Å². The molecule has 2 heterocycles. The summed E-state index contributed by atoms with van der Waals surface area (Å²) in [6.45, 7) is 4.69. The highest BCUT2D eigenvalue weighted by molar-refractivity contribution is 5.89. The average Bonchev–Trinajstić information content (AvgIpc) is 2.30. The van der Waals surface area contributed by atoms with Crippen LogP contribution < -0.4 is 5.32 Å². The smallest absolute Gasteiger partial charge is 0.319 e. The number of nitrogens with zero attached hydrogens (tertiary/aromatic N) is 3. The summed E-state index contributed by atoms with van der Waals surface area (Å²) in [6.07, 6.45) is 3.34. The molecule has 0 aliphatic carbocycles. The Hall–Kier alpha value is -1.62. The van der Waals surface area contributed by atoms with E-state index in [0.29, 0.717) is 0 Å². The molecule has 1 aromatic heterocycles. The van der Waals surface area contributed by atoms with Crippen LogP contribution in [0.3, 0.4) is 0 Å². The Kier molecular flexibility index (Phi) is 3.58. The van der Waals surface area contributed by atoms with Crippen LogP contribution in [0.4, 0.5) is 10.5 Å². The van der Waals surface area contributed by atoms with Crippen molar-refractivity contribution in [1.82, 2.24) is 14.8 Å². The van der Waals surface area contributed by atoms with Crippen molar-refractivity contribution in [1.29, 1.82) is 0 Å². The molecule has 1 aliphatic heterocycles. The van der Waals surface area contributed by atoms with Gasteiger partial charge in [0.05, 0.1) is 0 Å². The molecular weight excluding hydrogens is 216 g/mol. The lowest BCUT2D eigenvalue weighted by Crippen LogP contribution is -2.53. The number of amides is 2. The largest absolute Gasteiger partial charge is 0.322 e. The van der Waals surface area contributed by atoms with Crippen molar-refractivity contribution in [3.8, 4) is 0 Å². The molecule has 1 atom stereocenters. The van der Waals surface area contributed by atoms with Gasteiger partial charge in [-0.15, -0.1) is 0 Å². The van der Waals surface area contributed by atoms with Gasteiger partial charge in [-0.25, -0.2) is 4.79 Å². The molecule has 0 spiro atoms. The quantitative estimate of drug-likeness (QED) is 0.795. The lowest BCUT2D eigenvalue weighted by atomic mass is 10.2. The number of nitrogens with one attached hydrogen (secondary N) is 1. The number of carbonyl (C=O) groups excluding carboxylic acids is 1. The molecule has 92 valence electrons. The summed E-state index contributed by atoms with van der Waals surface area (Å²) in [4.78, 5) is 20.1. The molecule has 0 saturated carbocycles. The first-order chi connectivity index (χ1) is 8.16. The highest BCUT2D eigenvalue weighted by Gasteiger charge is 2.25. The Labute approximate surface area is 101 Å². The highest BCUT2D eigenvalue weighted by Crippen LogP contribution is 2.11. The van der Waals surface area contributed by atoms with E-state index in [1.54, 1.807) is 24.5 Å². The minimum Gasteiger partial charge on any atom is -0.319 e. The first kappa shape index (κ1) is 11.9. The molecule has 1 aromatic rings. The summed E-state index contributed by atoms with van der Waals surface area (Å²) in [5.74, 6) is 0. The van der Waals surface area contributed by atoms with Crippen LogP contribution >= 0.6 is 0 Å². The Morgan fingerprint density at radius 1 is 1.41 bits per heavy atom. The third kappa shape index (κ3) is 2.94. The second-order valence-electron chi connectivity index (χ2n) is 4.47. The number of carbonyl (C=O) groups is 1. The fourth-order valence-electron chi connectivity index (χ4n) is 2.07. The minimum absolute atomic E-state index is 0.0307. The number of aromatic nitrogens is 1. The second kappa shape index (κ2) is 5.14. The molecule has 1 saturated heterocycles. The Morgan fingerprint density at radius 3 is 2.76 bits per heavy atom. The van der Waals surface area contributed by atoms with Gasteiger partial charge in [0.1, 0.15) is 0 Å². The first-order valence-corrected chi connectivity index (χ1v) is 5.83. The molecule has 5 heteroatoms. The van der Waals surface area contributed by atoms with Gasteiger partial charge in [0, 0.05) is 43.8 Å². The predicted molar refractivity (Wildman–Crippen MR) is 66.9 cm³/mol. The van der Waals surface area contributed by atoms with Gasteiger partial charge >= 0.3 is 6.03 Å². The molecule has 1 unspecified atom stereocenters. The lowest BCUT2D eigenvalue weighted by Gasteiger charge is -2.38. The number of anilines is 1. The van der Waals surface area contributed by atoms with E-state index in [9.17, 15) is 4.79 Å². The van der Waals surface area contributed by atoms with Gasteiger partial charge in [-0.05, 0) is 26.1 Å². The number of rotatable bonds is 1. The SMILES string of the molecule is CC1CN(C)CCN1C(=O)Nc1ccncc1. The summed E-state index contributed by atoms with van der Waals surface area (Å²) >= 11 is 0.